The van der Waals surface area contributed by atoms with Gasteiger partial charge in [-0.25, -0.2) is 0 Å². The van der Waals surface area contributed by atoms with Crippen LogP contribution in [-0.4, -0.2) is 14.1 Å². The molecule has 15 heavy (non-hydrogen) atoms. The number of hydrogen-bond donors (Lipinski definition) is 0. The molecule has 0 aliphatic carbocycles. The zero-order valence-electron chi connectivity index (χ0n) is 9.00. The van der Waals surface area contributed by atoms with Crippen LogP contribution in [0.5, 0.6) is 0 Å². The Bertz CT molecular complexity index is 423. The molecule has 74 valence electrons. The molecule has 2 rings (SSSR count). The summed E-state index contributed by atoms with van der Waals surface area (Å²) in [5.74, 6) is 0. The zero-order valence-corrected chi connectivity index (χ0v) is 13.5. The number of anilines is 1. The fourth-order valence-electron chi connectivity index (χ4n) is 1.52. The average Bonchev–Trinajstić information content (AvgIpc) is 2.31. The molecule has 2 aromatic carbocycles. The molecule has 0 unspecified atom stereocenters. The summed E-state index contributed by atoms with van der Waals surface area (Å²) in [6.07, 6.45) is 0. The van der Waals surface area contributed by atoms with Crippen molar-refractivity contribution in [2.45, 2.75) is 0 Å². The quantitative estimate of drug-likeness (QED) is 0.575. The van der Waals surface area contributed by atoms with Crippen LogP contribution in [0.1, 0.15) is 0 Å². The van der Waals surface area contributed by atoms with E-state index in [4.69, 9.17) is 0 Å². The number of rotatable bonds is 1. The molecule has 0 N–H and O–H groups in total. The summed E-state index contributed by atoms with van der Waals surface area (Å²) in [4.78, 5) is 2.12. The predicted molar refractivity (Wildman–Crippen MR) is 66.0 cm³/mol. The maximum atomic E-state index is 3.22. The van der Waals surface area contributed by atoms with Crippen molar-refractivity contribution in [1.29, 1.82) is 0 Å². The van der Waals surface area contributed by atoms with Crippen molar-refractivity contribution in [3.8, 4) is 0 Å². The second-order valence-corrected chi connectivity index (χ2v) is 3.30. The zero-order chi connectivity index (χ0) is 11.3. The van der Waals surface area contributed by atoms with E-state index in [0.29, 0.717) is 0 Å². The molecular formula is C12H12BrNZn. The Morgan fingerprint density at radius 3 is 2.47 bits per heavy atom. The van der Waals surface area contributed by atoms with Crippen LogP contribution >= 0.6 is 13.6 Å². The van der Waals surface area contributed by atoms with Crippen LogP contribution in [0.4, 0.5) is 5.69 Å². The van der Waals surface area contributed by atoms with E-state index >= 15 is 0 Å². The van der Waals surface area contributed by atoms with Gasteiger partial charge in [-0.15, -0.1) is 35.7 Å². The number of fused-ring (bicyclic) bond motifs is 1. The third-order valence-electron chi connectivity index (χ3n) is 2.16. The van der Waals surface area contributed by atoms with Gasteiger partial charge in [-0.3, -0.25) is 0 Å². The molecule has 0 aliphatic heterocycles. The van der Waals surface area contributed by atoms with E-state index in [9.17, 15) is 0 Å². The van der Waals surface area contributed by atoms with Crippen LogP contribution in [0, 0.1) is 6.07 Å². The van der Waals surface area contributed by atoms with Gasteiger partial charge in [0, 0.05) is 14.1 Å². The SMILES string of the molecule is CN(C)c1cc[c-]c2ccccc12.[Zn+][Br]. The van der Waals surface area contributed by atoms with Crippen molar-refractivity contribution in [1.82, 2.24) is 0 Å². The van der Waals surface area contributed by atoms with Crippen LogP contribution in [-0.2, 0) is 16.3 Å². The van der Waals surface area contributed by atoms with Gasteiger partial charge in [0.2, 0.25) is 0 Å². The minimum atomic E-state index is 1.17. The molecule has 0 aromatic heterocycles. The van der Waals surface area contributed by atoms with Crippen molar-refractivity contribution in [3.63, 3.8) is 0 Å². The van der Waals surface area contributed by atoms with Gasteiger partial charge in [-0.05, 0) is 5.69 Å². The van der Waals surface area contributed by atoms with Crippen molar-refractivity contribution in [3.05, 3.63) is 42.5 Å². The summed E-state index contributed by atoms with van der Waals surface area (Å²) in [6, 6.07) is 15.6. The third-order valence-corrected chi connectivity index (χ3v) is 2.16. The Balaban J connectivity index is 0.000000531. The second-order valence-electron chi connectivity index (χ2n) is 3.30. The Morgan fingerprint density at radius 1 is 1.13 bits per heavy atom. The fourth-order valence-corrected chi connectivity index (χ4v) is 1.52. The van der Waals surface area contributed by atoms with Crippen molar-refractivity contribution in [2.75, 3.05) is 19.0 Å². The molecule has 0 atom stereocenters. The van der Waals surface area contributed by atoms with Gasteiger partial charge in [0.1, 0.15) is 0 Å². The molecule has 3 heteroatoms. The standard InChI is InChI=1S/C12H12N.BrH.Zn/c1-13(2)12-9-5-7-10-6-3-4-8-11(10)12;;/h3-6,8-9H,1-2H3;1H;/q-1;;+2/p-1. The van der Waals surface area contributed by atoms with Crippen LogP contribution < -0.4 is 4.90 Å². The van der Waals surface area contributed by atoms with Crippen molar-refractivity contribution < 1.29 is 16.3 Å². The fraction of sp³-hybridized carbons (Fsp3) is 0.167. The molecule has 0 saturated carbocycles. The van der Waals surface area contributed by atoms with Gasteiger partial charge in [0.25, 0.3) is 0 Å². The third kappa shape index (κ3) is 3.03. The van der Waals surface area contributed by atoms with Gasteiger partial charge in [0.15, 0.2) is 0 Å². The molecule has 0 amide bonds. The second kappa shape index (κ2) is 6.24. The summed E-state index contributed by atoms with van der Waals surface area (Å²) in [6.45, 7) is 0. The Hall–Kier alpha value is -0.397. The van der Waals surface area contributed by atoms with E-state index < -0.39 is 0 Å². The van der Waals surface area contributed by atoms with E-state index in [2.05, 4.69) is 63.0 Å². The van der Waals surface area contributed by atoms with Gasteiger partial charge in [-0.2, -0.15) is 0 Å². The first-order valence-electron chi connectivity index (χ1n) is 4.62. The van der Waals surface area contributed by atoms with Gasteiger partial charge in [0.05, 0.1) is 0 Å². The van der Waals surface area contributed by atoms with Crippen LogP contribution in [0.15, 0.2) is 36.4 Å². The average molecular weight is 316 g/mol. The van der Waals surface area contributed by atoms with E-state index in [1.165, 1.54) is 32.8 Å². The van der Waals surface area contributed by atoms with E-state index in [0.717, 1.165) is 0 Å². The first kappa shape index (κ1) is 12.7. The maximum absolute atomic E-state index is 3.22. The first-order chi connectivity index (χ1) is 7.29. The van der Waals surface area contributed by atoms with E-state index in [-0.39, 0.29) is 0 Å². The number of nitrogens with zero attached hydrogens (tertiary/aromatic N) is 1. The molecule has 0 saturated heterocycles. The molecule has 0 spiro atoms. The monoisotopic (exact) mass is 313 g/mol. The molecule has 0 fully saturated rings. The molecule has 1 nitrogen and oxygen atoms in total. The summed E-state index contributed by atoms with van der Waals surface area (Å²) in [5.41, 5.74) is 1.24. The van der Waals surface area contributed by atoms with Gasteiger partial charge in [-0.1, -0.05) is 17.5 Å². The number of benzene rings is 2. The summed E-state index contributed by atoms with van der Waals surface area (Å²) in [5, 5.41) is 2.43. The molecule has 2 aromatic rings. The van der Waals surface area contributed by atoms with Crippen LogP contribution in [0.2, 0.25) is 0 Å². The molecule has 0 bridgehead atoms. The Kier molecular flexibility index (Phi) is 5.27. The van der Waals surface area contributed by atoms with E-state index in [1.54, 1.807) is 0 Å². The summed E-state index contributed by atoms with van der Waals surface area (Å²) in [7, 11) is 4.11. The normalized spacial score (nSPS) is 9.40. The first-order valence-corrected chi connectivity index (χ1v) is 11.6. The van der Waals surface area contributed by atoms with Crippen LogP contribution in [0.3, 0.4) is 0 Å². The van der Waals surface area contributed by atoms with Crippen LogP contribution in [0.25, 0.3) is 10.8 Å². The predicted octanol–water partition coefficient (Wildman–Crippen LogP) is 3.55. The Labute approximate surface area is 108 Å². The summed E-state index contributed by atoms with van der Waals surface area (Å²) >= 11 is 4.25. The number of hydrogen-bond acceptors (Lipinski definition) is 1. The van der Waals surface area contributed by atoms with Gasteiger partial charge >= 0.3 is 30.0 Å². The van der Waals surface area contributed by atoms with Crippen molar-refractivity contribution in [2.24, 2.45) is 0 Å². The topological polar surface area (TPSA) is 3.24 Å². The summed E-state index contributed by atoms with van der Waals surface area (Å²) < 4.78 is 0. The minimum absolute atomic E-state index is 1.17. The molecule has 0 aliphatic rings. The molecular weight excluding hydrogens is 303 g/mol. The van der Waals surface area contributed by atoms with E-state index in [1.807, 2.05) is 12.1 Å². The Morgan fingerprint density at radius 2 is 1.80 bits per heavy atom. The van der Waals surface area contributed by atoms with Crippen molar-refractivity contribution >= 4 is 30.1 Å². The number of halogens is 1. The molecule has 0 radical (unpaired) electrons. The van der Waals surface area contributed by atoms with Gasteiger partial charge < -0.3 is 4.90 Å². The molecule has 0 heterocycles.